The van der Waals surface area contributed by atoms with Crippen LogP contribution < -0.4 is 9.47 Å². The molecular formula is C16H18BrNO4. The Hall–Kier alpha value is -2.00. The molecule has 1 aromatic carbocycles. The van der Waals surface area contributed by atoms with Crippen molar-refractivity contribution in [1.29, 1.82) is 5.26 Å². The maximum absolute atomic E-state index is 11.8. The van der Waals surface area contributed by atoms with E-state index in [4.69, 9.17) is 19.5 Å². The number of halogens is 1. The third-order valence-electron chi connectivity index (χ3n) is 2.53. The van der Waals surface area contributed by atoms with Crippen molar-refractivity contribution in [1.82, 2.24) is 0 Å². The van der Waals surface area contributed by atoms with Gasteiger partial charge in [0.2, 0.25) is 0 Å². The minimum atomic E-state index is -0.651. The van der Waals surface area contributed by atoms with Gasteiger partial charge in [-0.3, -0.25) is 0 Å². The zero-order valence-corrected chi connectivity index (χ0v) is 14.6. The van der Waals surface area contributed by atoms with Crippen LogP contribution >= 0.6 is 15.9 Å². The lowest BCUT2D eigenvalue weighted by Crippen LogP contribution is -2.12. The van der Waals surface area contributed by atoms with Crippen molar-refractivity contribution in [2.75, 3.05) is 13.7 Å². The van der Waals surface area contributed by atoms with Gasteiger partial charge in [-0.1, -0.05) is 0 Å². The molecule has 0 aromatic heterocycles. The fraction of sp³-hybridized carbons (Fsp3) is 0.375. The van der Waals surface area contributed by atoms with Crippen molar-refractivity contribution in [2.24, 2.45) is 0 Å². The van der Waals surface area contributed by atoms with Crippen LogP contribution in [0.3, 0.4) is 0 Å². The van der Waals surface area contributed by atoms with Gasteiger partial charge in [-0.2, -0.15) is 5.26 Å². The van der Waals surface area contributed by atoms with Crippen molar-refractivity contribution >= 4 is 28.0 Å². The number of benzene rings is 1. The number of hydrogen-bond acceptors (Lipinski definition) is 5. The Morgan fingerprint density at radius 2 is 2.14 bits per heavy atom. The molecule has 0 N–H and O–H groups in total. The Kier molecular flexibility index (Phi) is 6.93. The van der Waals surface area contributed by atoms with Crippen LogP contribution in [0.5, 0.6) is 11.5 Å². The number of methoxy groups -OCH3 is 1. The molecule has 0 amide bonds. The SMILES string of the molecule is CCOc1cc(/C=C(\C#N)C(=O)OC(C)C)cc(Br)c1OC. The second-order valence-electron chi connectivity index (χ2n) is 4.59. The van der Waals surface area contributed by atoms with E-state index in [1.165, 1.54) is 6.08 Å². The maximum Gasteiger partial charge on any atom is 0.349 e. The number of ether oxygens (including phenoxy) is 3. The topological polar surface area (TPSA) is 68.5 Å². The molecule has 0 saturated carbocycles. The van der Waals surface area contributed by atoms with Gasteiger partial charge in [0.15, 0.2) is 11.5 Å². The van der Waals surface area contributed by atoms with Crippen LogP contribution in [0.2, 0.25) is 0 Å². The van der Waals surface area contributed by atoms with E-state index in [0.717, 1.165) is 0 Å². The molecule has 0 aliphatic heterocycles. The number of nitriles is 1. The first-order chi connectivity index (χ1) is 10.4. The van der Waals surface area contributed by atoms with Gasteiger partial charge in [-0.15, -0.1) is 0 Å². The van der Waals surface area contributed by atoms with Gasteiger partial charge in [0.05, 0.1) is 24.3 Å². The molecular weight excluding hydrogens is 350 g/mol. The Morgan fingerprint density at radius 1 is 1.45 bits per heavy atom. The number of esters is 1. The Labute approximate surface area is 138 Å². The zero-order valence-electron chi connectivity index (χ0n) is 13.0. The Morgan fingerprint density at radius 3 is 2.64 bits per heavy atom. The summed E-state index contributed by atoms with van der Waals surface area (Å²) in [6.45, 7) is 5.78. The summed E-state index contributed by atoms with van der Waals surface area (Å²) in [6, 6.07) is 5.29. The molecule has 0 saturated heterocycles. The van der Waals surface area contributed by atoms with Crippen LogP contribution in [0.4, 0.5) is 0 Å². The summed E-state index contributed by atoms with van der Waals surface area (Å²) < 4.78 is 16.5. The molecule has 1 aromatic rings. The van der Waals surface area contributed by atoms with Crippen LogP contribution in [0, 0.1) is 11.3 Å². The van der Waals surface area contributed by atoms with Gasteiger partial charge < -0.3 is 14.2 Å². The molecule has 0 spiro atoms. The second-order valence-corrected chi connectivity index (χ2v) is 5.45. The van der Waals surface area contributed by atoms with Gasteiger partial charge in [0.25, 0.3) is 0 Å². The zero-order chi connectivity index (χ0) is 16.7. The second kappa shape index (κ2) is 8.44. The average molecular weight is 368 g/mol. The van der Waals surface area contributed by atoms with E-state index in [-0.39, 0.29) is 11.7 Å². The van der Waals surface area contributed by atoms with Gasteiger partial charge in [-0.05, 0) is 60.5 Å². The smallest absolute Gasteiger partial charge is 0.349 e. The summed E-state index contributed by atoms with van der Waals surface area (Å²) in [7, 11) is 1.54. The largest absolute Gasteiger partial charge is 0.492 e. The minimum absolute atomic E-state index is 0.0757. The molecule has 0 bridgehead atoms. The molecule has 6 heteroatoms. The van der Waals surface area contributed by atoms with Gasteiger partial charge in [0, 0.05) is 0 Å². The highest BCUT2D eigenvalue weighted by Crippen LogP contribution is 2.37. The number of hydrogen-bond donors (Lipinski definition) is 0. The molecule has 0 radical (unpaired) electrons. The maximum atomic E-state index is 11.8. The lowest BCUT2D eigenvalue weighted by atomic mass is 10.1. The molecule has 0 aliphatic rings. The monoisotopic (exact) mass is 367 g/mol. The predicted octanol–water partition coefficient (Wildman–Crippen LogP) is 3.71. The summed E-state index contributed by atoms with van der Waals surface area (Å²) in [5, 5.41) is 9.13. The molecule has 0 unspecified atom stereocenters. The highest BCUT2D eigenvalue weighted by molar-refractivity contribution is 9.10. The van der Waals surface area contributed by atoms with Crippen LogP contribution in [0.25, 0.3) is 6.08 Å². The van der Waals surface area contributed by atoms with Crippen LogP contribution in [0.1, 0.15) is 26.3 Å². The quantitative estimate of drug-likeness (QED) is 0.435. The standard InChI is InChI=1S/C16H18BrNO4/c1-5-21-14-8-11(7-13(17)15(14)20-4)6-12(9-18)16(19)22-10(2)3/h6-8,10H,5H2,1-4H3/b12-6+. The summed E-state index contributed by atoms with van der Waals surface area (Å²) in [6.07, 6.45) is 1.17. The number of nitrogens with zero attached hydrogens (tertiary/aromatic N) is 1. The van der Waals surface area contributed by atoms with Crippen LogP contribution in [-0.4, -0.2) is 25.8 Å². The van der Waals surface area contributed by atoms with Crippen LogP contribution in [0.15, 0.2) is 22.2 Å². The molecule has 0 heterocycles. The van der Waals surface area contributed by atoms with Crippen LogP contribution in [-0.2, 0) is 9.53 Å². The lowest BCUT2D eigenvalue weighted by molar-refractivity contribution is -0.142. The van der Waals surface area contributed by atoms with Crippen molar-refractivity contribution in [3.8, 4) is 17.6 Å². The number of carbonyl (C=O) groups excluding carboxylic acids is 1. The highest BCUT2D eigenvalue weighted by atomic mass is 79.9. The molecule has 5 nitrogen and oxygen atoms in total. The van der Waals surface area contributed by atoms with E-state index in [1.807, 2.05) is 13.0 Å². The summed E-state index contributed by atoms with van der Waals surface area (Å²) >= 11 is 3.38. The van der Waals surface area contributed by atoms with E-state index in [2.05, 4.69) is 15.9 Å². The normalized spacial score (nSPS) is 11.0. The first kappa shape index (κ1) is 18.1. The van der Waals surface area contributed by atoms with E-state index in [9.17, 15) is 4.79 Å². The van der Waals surface area contributed by atoms with Crippen molar-refractivity contribution in [3.05, 3.63) is 27.7 Å². The first-order valence-corrected chi connectivity index (χ1v) is 7.55. The highest BCUT2D eigenvalue weighted by Gasteiger charge is 2.15. The molecule has 22 heavy (non-hydrogen) atoms. The van der Waals surface area contributed by atoms with E-state index >= 15 is 0 Å². The summed E-state index contributed by atoms with van der Waals surface area (Å²) in [5.41, 5.74) is 0.557. The fourth-order valence-electron chi connectivity index (χ4n) is 1.71. The van der Waals surface area contributed by atoms with E-state index in [1.54, 1.807) is 33.1 Å². The third-order valence-corrected chi connectivity index (χ3v) is 3.12. The first-order valence-electron chi connectivity index (χ1n) is 6.76. The molecule has 0 fully saturated rings. The Balaban J connectivity index is 3.23. The number of carbonyl (C=O) groups is 1. The molecule has 118 valence electrons. The van der Waals surface area contributed by atoms with Crippen molar-refractivity contribution in [3.63, 3.8) is 0 Å². The lowest BCUT2D eigenvalue weighted by Gasteiger charge is -2.12. The summed E-state index contributed by atoms with van der Waals surface area (Å²) in [5.74, 6) is 0.435. The van der Waals surface area contributed by atoms with Crippen molar-refractivity contribution < 1.29 is 19.0 Å². The average Bonchev–Trinajstić information content (AvgIpc) is 2.44. The fourth-order valence-corrected chi connectivity index (χ4v) is 2.33. The minimum Gasteiger partial charge on any atom is -0.492 e. The van der Waals surface area contributed by atoms with E-state index < -0.39 is 5.97 Å². The van der Waals surface area contributed by atoms with E-state index in [0.29, 0.717) is 28.1 Å². The Bertz CT molecular complexity index is 617. The van der Waals surface area contributed by atoms with Crippen molar-refractivity contribution in [2.45, 2.75) is 26.9 Å². The molecule has 0 aliphatic carbocycles. The van der Waals surface area contributed by atoms with Gasteiger partial charge in [-0.25, -0.2) is 4.79 Å². The molecule has 1 rings (SSSR count). The van der Waals surface area contributed by atoms with Gasteiger partial charge >= 0.3 is 5.97 Å². The number of rotatable bonds is 6. The molecule has 0 atom stereocenters. The summed E-state index contributed by atoms with van der Waals surface area (Å²) in [4.78, 5) is 11.8. The van der Waals surface area contributed by atoms with Gasteiger partial charge in [0.1, 0.15) is 11.6 Å². The predicted molar refractivity (Wildman–Crippen MR) is 86.7 cm³/mol. The third kappa shape index (κ3) is 4.78.